The van der Waals surface area contributed by atoms with Gasteiger partial charge in [-0.05, 0) is 44.5 Å². The van der Waals surface area contributed by atoms with Gasteiger partial charge in [0, 0.05) is 18.0 Å². The Kier molecular flexibility index (Phi) is 6.67. The Morgan fingerprint density at radius 3 is 2.48 bits per heavy atom. The maximum Gasteiger partial charge on any atom is 0.252 e. The average Bonchev–Trinajstić information content (AvgIpc) is 2.87. The molecule has 1 saturated heterocycles. The molecular weight excluding hydrogens is 304 g/mol. The van der Waals surface area contributed by atoms with E-state index in [-0.39, 0.29) is 0 Å². The minimum absolute atomic E-state index is 0.509. The molecule has 4 nitrogen and oxygen atoms in total. The van der Waals surface area contributed by atoms with Gasteiger partial charge >= 0.3 is 0 Å². The average molecular weight is 331 g/mol. The van der Waals surface area contributed by atoms with Crippen LogP contribution in [0.1, 0.15) is 43.9 Å². The Bertz CT molecular complexity index is 518. The van der Waals surface area contributed by atoms with Crippen LogP contribution in [-0.2, 0) is 16.4 Å². The summed E-state index contributed by atoms with van der Waals surface area (Å²) in [5, 5.41) is 3.27. The molecule has 0 amide bonds. The smallest absolute Gasteiger partial charge is 0.252 e. The summed E-state index contributed by atoms with van der Waals surface area (Å²) in [6, 6.07) is 3.74. The molecule has 1 fully saturated rings. The highest BCUT2D eigenvalue weighted by Gasteiger charge is 2.26. The summed E-state index contributed by atoms with van der Waals surface area (Å²) in [5.74, 6) is 0. The third-order valence-electron chi connectivity index (χ3n) is 3.84. The van der Waals surface area contributed by atoms with Gasteiger partial charge in [-0.25, -0.2) is 8.42 Å². The summed E-state index contributed by atoms with van der Waals surface area (Å²) >= 11 is 1.43. The van der Waals surface area contributed by atoms with Gasteiger partial charge in [0.05, 0.1) is 0 Å². The first-order chi connectivity index (χ1) is 10.1. The van der Waals surface area contributed by atoms with Crippen LogP contribution < -0.4 is 5.32 Å². The molecule has 1 aliphatic heterocycles. The second-order valence-electron chi connectivity index (χ2n) is 5.50. The molecule has 2 heterocycles. The van der Waals surface area contributed by atoms with Crippen molar-refractivity contribution in [3.63, 3.8) is 0 Å². The van der Waals surface area contributed by atoms with Crippen molar-refractivity contribution >= 4 is 21.4 Å². The topological polar surface area (TPSA) is 49.4 Å². The standard InChI is InChI=1S/C15H26N2O2S2/c1-2-16-11-10-14-8-9-15(20-14)21(18,19)17-12-6-4-3-5-7-13-17/h8-9,16H,2-7,10-13H2,1H3. The normalized spacial score (nSPS) is 18.3. The van der Waals surface area contributed by atoms with E-state index < -0.39 is 10.0 Å². The van der Waals surface area contributed by atoms with Crippen LogP contribution in [0.2, 0.25) is 0 Å². The largest absolute Gasteiger partial charge is 0.317 e. The number of thiophene rings is 1. The Balaban J connectivity index is 2.03. The number of nitrogens with one attached hydrogen (secondary N) is 1. The second kappa shape index (κ2) is 8.27. The number of likely N-dealkylation sites (N-methyl/N-ethyl adjacent to an activating group) is 1. The molecule has 0 aromatic carbocycles. The molecule has 120 valence electrons. The van der Waals surface area contributed by atoms with Crippen molar-refractivity contribution in [3.8, 4) is 0 Å². The minimum Gasteiger partial charge on any atom is -0.317 e. The quantitative estimate of drug-likeness (QED) is 0.816. The summed E-state index contributed by atoms with van der Waals surface area (Å²) in [6.45, 7) is 5.27. The van der Waals surface area contributed by atoms with Crippen molar-refractivity contribution in [1.82, 2.24) is 9.62 Å². The summed E-state index contributed by atoms with van der Waals surface area (Å²) in [6.07, 6.45) is 6.39. The SMILES string of the molecule is CCNCCc1ccc(S(=O)(=O)N2CCCCCCC2)s1. The van der Waals surface area contributed by atoms with Crippen LogP contribution in [0, 0.1) is 0 Å². The molecule has 0 aliphatic carbocycles. The van der Waals surface area contributed by atoms with Gasteiger partial charge in [0.15, 0.2) is 0 Å². The third-order valence-corrected chi connectivity index (χ3v) is 7.36. The van der Waals surface area contributed by atoms with Crippen molar-refractivity contribution in [2.75, 3.05) is 26.2 Å². The lowest BCUT2D eigenvalue weighted by molar-refractivity contribution is 0.365. The van der Waals surface area contributed by atoms with Crippen molar-refractivity contribution in [1.29, 1.82) is 0 Å². The van der Waals surface area contributed by atoms with E-state index in [1.807, 2.05) is 6.07 Å². The highest BCUT2D eigenvalue weighted by Crippen LogP contribution is 2.26. The zero-order valence-corrected chi connectivity index (χ0v) is 14.4. The summed E-state index contributed by atoms with van der Waals surface area (Å²) in [7, 11) is -3.28. The van der Waals surface area contributed by atoms with Gasteiger partial charge in [0.1, 0.15) is 4.21 Å². The van der Waals surface area contributed by atoms with Crippen LogP contribution in [0.5, 0.6) is 0 Å². The predicted molar refractivity (Wildman–Crippen MR) is 88.4 cm³/mol. The molecule has 1 N–H and O–H groups in total. The molecule has 0 atom stereocenters. The molecule has 0 spiro atoms. The third kappa shape index (κ3) is 4.77. The van der Waals surface area contributed by atoms with Gasteiger partial charge in [0.25, 0.3) is 10.0 Å². The lowest BCUT2D eigenvalue weighted by Gasteiger charge is -2.23. The Hall–Kier alpha value is -0.430. The van der Waals surface area contributed by atoms with Crippen LogP contribution in [0.15, 0.2) is 16.3 Å². The Morgan fingerprint density at radius 2 is 1.81 bits per heavy atom. The molecule has 6 heteroatoms. The van der Waals surface area contributed by atoms with Gasteiger partial charge in [-0.1, -0.05) is 26.2 Å². The molecule has 1 aromatic rings. The molecule has 2 rings (SSSR count). The zero-order chi connectivity index (χ0) is 15.1. The number of nitrogens with zero attached hydrogens (tertiary/aromatic N) is 1. The molecule has 0 unspecified atom stereocenters. The lowest BCUT2D eigenvalue weighted by atomic mass is 10.1. The van der Waals surface area contributed by atoms with E-state index in [2.05, 4.69) is 12.2 Å². The van der Waals surface area contributed by atoms with E-state index in [0.717, 1.165) is 50.1 Å². The van der Waals surface area contributed by atoms with E-state index in [1.54, 1.807) is 10.4 Å². The summed E-state index contributed by atoms with van der Waals surface area (Å²) in [5.41, 5.74) is 0. The minimum atomic E-state index is -3.28. The predicted octanol–water partition coefficient (Wildman–Crippen LogP) is 2.85. The lowest BCUT2D eigenvalue weighted by Crippen LogP contribution is -2.33. The van der Waals surface area contributed by atoms with Gasteiger partial charge in [0.2, 0.25) is 0 Å². The van der Waals surface area contributed by atoms with Gasteiger partial charge in [-0.2, -0.15) is 4.31 Å². The molecule has 1 aromatic heterocycles. The summed E-state index contributed by atoms with van der Waals surface area (Å²) < 4.78 is 27.6. The first-order valence-electron chi connectivity index (χ1n) is 7.94. The second-order valence-corrected chi connectivity index (χ2v) is 8.83. The number of rotatable bonds is 6. The van der Waals surface area contributed by atoms with Crippen LogP contribution in [0.3, 0.4) is 0 Å². The fraction of sp³-hybridized carbons (Fsp3) is 0.733. The summed E-state index contributed by atoms with van der Waals surface area (Å²) in [4.78, 5) is 1.14. The van der Waals surface area contributed by atoms with Gasteiger partial charge in [-0.15, -0.1) is 11.3 Å². The van der Waals surface area contributed by atoms with E-state index >= 15 is 0 Å². The van der Waals surface area contributed by atoms with Crippen molar-refractivity contribution in [2.24, 2.45) is 0 Å². The van der Waals surface area contributed by atoms with E-state index in [4.69, 9.17) is 0 Å². The van der Waals surface area contributed by atoms with Crippen LogP contribution in [0.25, 0.3) is 0 Å². The van der Waals surface area contributed by atoms with E-state index in [1.165, 1.54) is 17.8 Å². The molecule has 0 radical (unpaired) electrons. The first-order valence-corrected chi connectivity index (χ1v) is 10.2. The van der Waals surface area contributed by atoms with Crippen LogP contribution in [-0.4, -0.2) is 38.9 Å². The van der Waals surface area contributed by atoms with E-state index in [9.17, 15) is 8.42 Å². The van der Waals surface area contributed by atoms with Crippen molar-refractivity contribution < 1.29 is 8.42 Å². The van der Waals surface area contributed by atoms with Crippen molar-refractivity contribution in [2.45, 2.75) is 49.7 Å². The van der Waals surface area contributed by atoms with Crippen molar-refractivity contribution in [3.05, 3.63) is 17.0 Å². The zero-order valence-electron chi connectivity index (χ0n) is 12.8. The maximum atomic E-state index is 12.7. The fourth-order valence-corrected chi connectivity index (χ4v) is 5.63. The first kappa shape index (κ1) is 16.9. The van der Waals surface area contributed by atoms with Gasteiger partial charge in [-0.3, -0.25) is 0 Å². The van der Waals surface area contributed by atoms with E-state index in [0.29, 0.717) is 17.3 Å². The Labute approximate surface area is 132 Å². The Morgan fingerprint density at radius 1 is 1.14 bits per heavy atom. The molecule has 21 heavy (non-hydrogen) atoms. The number of sulfonamides is 1. The molecule has 0 saturated carbocycles. The molecular formula is C15H26N2O2S2. The van der Waals surface area contributed by atoms with Crippen LogP contribution >= 0.6 is 11.3 Å². The maximum absolute atomic E-state index is 12.7. The number of hydrogen-bond acceptors (Lipinski definition) is 4. The van der Waals surface area contributed by atoms with Gasteiger partial charge < -0.3 is 5.32 Å². The highest BCUT2D eigenvalue weighted by atomic mass is 32.2. The molecule has 0 bridgehead atoms. The highest BCUT2D eigenvalue weighted by molar-refractivity contribution is 7.91. The monoisotopic (exact) mass is 330 g/mol. The molecule has 1 aliphatic rings. The number of hydrogen-bond donors (Lipinski definition) is 1. The fourth-order valence-electron chi connectivity index (χ4n) is 2.61. The van der Waals surface area contributed by atoms with Crippen LogP contribution in [0.4, 0.5) is 0 Å².